The Labute approximate surface area is 117 Å². The number of hydrogen-bond acceptors (Lipinski definition) is 3. The predicted molar refractivity (Wildman–Crippen MR) is 81.2 cm³/mol. The van der Waals surface area contributed by atoms with Crippen molar-refractivity contribution in [2.24, 2.45) is 0 Å². The van der Waals surface area contributed by atoms with E-state index in [1.165, 1.54) is 0 Å². The molecule has 0 atom stereocenters. The van der Waals surface area contributed by atoms with Gasteiger partial charge in [-0.3, -0.25) is 4.79 Å². The van der Waals surface area contributed by atoms with Crippen molar-refractivity contribution in [3.05, 3.63) is 54.1 Å². The van der Waals surface area contributed by atoms with Crippen LogP contribution in [0.2, 0.25) is 0 Å². The molecule has 0 fully saturated rings. The Kier molecular flexibility index (Phi) is 3.25. The molecule has 0 saturated heterocycles. The van der Waals surface area contributed by atoms with Crippen LogP contribution in [0, 0.1) is 0 Å². The van der Waals surface area contributed by atoms with Crippen molar-refractivity contribution in [3.63, 3.8) is 0 Å². The first-order valence-corrected chi connectivity index (χ1v) is 6.63. The molecule has 0 aliphatic rings. The number of furan rings is 1. The van der Waals surface area contributed by atoms with Gasteiger partial charge in [-0.2, -0.15) is 0 Å². The zero-order chi connectivity index (χ0) is 13.9. The molecule has 3 rings (SSSR count). The van der Waals surface area contributed by atoms with Crippen LogP contribution in [0.15, 0.2) is 52.9 Å². The minimum absolute atomic E-state index is 0.626. The number of benzene rings is 2. The summed E-state index contributed by atoms with van der Waals surface area (Å²) in [6.45, 7) is 2.97. The van der Waals surface area contributed by atoms with E-state index < -0.39 is 0 Å². The van der Waals surface area contributed by atoms with Crippen LogP contribution in [0.25, 0.3) is 22.3 Å². The molecule has 3 aromatic rings. The van der Waals surface area contributed by atoms with Gasteiger partial charge in [0.05, 0.1) is 0 Å². The van der Waals surface area contributed by atoms with Gasteiger partial charge in [0.25, 0.3) is 0 Å². The molecule has 1 N–H and O–H groups in total. The smallest absolute Gasteiger partial charge is 0.150 e. The largest absolute Gasteiger partial charge is 0.456 e. The lowest BCUT2D eigenvalue weighted by Gasteiger charge is -2.03. The Morgan fingerprint density at radius 3 is 2.60 bits per heavy atom. The minimum atomic E-state index is 0.626. The topological polar surface area (TPSA) is 42.2 Å². The summed E-state index contributed by atoms with van der Waals surface area (Å²) in [5.74, 6) is 0.811. The van der Waals surface area contributed by atoms with Crippen molar-refractivity contribution in [2.75, 3.05) is 11.9 Å². The molecule has 100 valence electrons. The van der Waals surface area contributed by atoms with Crippen LogP contribution < -0.4 is 5.32 Å². The van der Waals surface area contributed by atoms with Crippen LogP contribution in [-0.2, 0) is 0 Å². The summed E-state index contributed by atoms with van der Waals surface area (Å²) in [5, 5.41) is 4.26. The number of nitrogens with one attached hydrogen (secondary N) is 1. The maximum absolute atomic E-state index is 10.8. The number of hydrogen-bond donors (Lipinski definition) is 1. The lowest BCUT2D eigenvalue weighted by Crippen LogP contribution is -1.95. The normalized spacial score (nSPS) is 10.7. The van der Waals surface area contributed by atoms with Crippen molar-refractivity contribution in [3.8, 4) is 11.3 Å². The molecule has 0 radical (unpaired) electrons. The SMILES string of the molecule is CCNc1ccc(-c2cc3ccc(C=O)cc3o2)cc1. The number of anilines is 1. The summed E-state index contributed by atoms with van der Waals surface area (Å²) in [7, 11) is 0. The zero-order valence-electron chi connectivity index (χ0n) is 11.2. The Hall–Kier alpha value is -2.55. The van der Waals surface area contributed by atoms with Crippen molar-refractivity contribution in [1.82, 2.24) is 0 Å². The van der Waals surface area contributed by atoms with E-state index in [1.807, 2.05) is 36.4 Å². The quantitative estimate of drug-likeness (QED) is 0.713. The van der Waals surface area contributed by atoms with E-state index in [0.29, 0.717) is 5.56 Å². The molecule has 0 bridgehead atoms. The molecule has 0 amide bonds. The van der Waals surface area contributed by atoms with E-state index in [2.05, 4.69) is 12.2 Å². The van der Waals surface area contributed by atoms with Gasteiger partial charge in [0.2, 0.25) is 0 Å². The van der Waals surface area contributed by atoms with Crippen LogP contribution in [0.1, 0.15) is 17.3 Å². The molecule has 1 aromatic heterocycles. The average molecular weight is 265 g/mol. The number of carbonyl (C=O) groups is 1. The summed E-state index contributed by atoms with van der Waals surface area (Å²) >= 11 is 0. The highest BCUT2D eigenvalue weighted by Gasteiger charge is 2.06. The van der Waals surface area contributed by atoms with Crippen LogP contribution in [0.5, 0.6) is 0 Å². The lowest BCUT2D eigenvalue weighted by molar-refractivity contribution is 0.112. The van der Waals surface area contributed by atoms with Crippen molar-refractivity contribution in [2.45, 2.75) is 6.92 Å². The third-order valence-corrected chi connectivity index (χ3v) is 3.23. The summed E-state index contributed by atoms with van der Waals surface area (Å²) < 4.78 is 5.82. The molecule has 3 nitrogen and oxygen atoms in total. The highest BCUT2D eigenvalue weighted by Crippen LogP contribution is 2.29. The molecule has 0 unspecified atom stereocenters. The van der Waals surface area contributed by atoms with Gasteiger partial charge in [0.15, 0.2) is 0 Å². The second kappa shape index (κ2) is 5.21. The number of rotatable bonds is 4. The maximum Gasteiger partial charge on any atom is 0.150 e. The second-order valence-electron chi connectivity index (χ2n) is 4.63. The minimum Gasteiger partial charge on any atom is -0.456 e. The highest BCUT2D eigenvalue weighted by atomic mass is 16.3. The Bertz CT molecular complexity index is 741. The first kappa shape index (κ1) is 12.5. The molecule has 3 heteroatoms. The van der Waals surface area contributed by atoms with Gasteiger partial charge in [-0.05, 0) is 43.3 Å². The maximum atomic E-state index is 10.8. The number of carbonyl (C=O) groups excluding carboxylic acids is 1. The van der Waals surface area contributed by atoms with Crippen molar-refractivity contribution >= 4 is 22.9 Å². The molecule has 0 spiro atoms. The third kappa shape index (κ3) is 2.30. The Morgan fingerprint density at radius 1 is 1.10 bits per heavy atom. The number of aldehydes is 1. The van der Waals surface area contributed by atoms with Gasteiger partial charge in [-0.15, -0.1) is 0 Å². The fourth-order valence-electron chi connectivity index (χ4n) is 2.22. The predicted octanol–water partition coefficient (Wildman–Crippen LogP) is 4.34. The summed E-state index contributed by atoms with van der Waals surface area (Å²) in [6.07, 6.45) is 0.826. The van der Waals surface area contributed by atoms with Gasteiger partial charge in [0.1, 0.15) is 17.6 Å². The van der Waals surface area contributed by atoms with E-state index in [9.17, 15) is 4.79 Å². The fourth-order valence-corrected chi connectivity index (χ4v) is 2.22. The molecular weight excluding hydrogens is 250 g/mol. The molecule has 0 aliphatic carbocycles. The second-order valence-corrected chi connectivity index (χ2v) is 4.63. The average Bonchev–Trinajstić information content (AvgIpc) is 2.91. The summed E-state index contributed by atoms with van der Waals surface area (Å²) in [4.78, 5) is 10.8. The Balaban J connectivity index is 1.98. The standard InChI is InChI=1S/C17H15NO2/c1-2-18-15-7-5-13(6-8-15)17-10-14-4-3-12(11-19)9-16(14)20-17/h3-11,18H,2H2,1H3. The molecule has 2 aromatic carbocycles. The van der Waals surface area contributed by atoms with Crippen LogP contribution >= 0.6 is 0 Å². The summed E-state index contributed by atoms with van der Waals surface area (Å²) in [5.41, 5.74) is 3.48. The first-order chi connectivity index (χ1) is 9.80. The van der Waals surface area contributed by atoms with Gasteiger partial charge >= 0.3 is 0 Å². The molecular formula is C17H15NO2. The summed E-state index contributed by atoms with van der Waals surface area (Å²) in [6, 6.07) is 15.6. The van der Waals surface area contributed by atoms with Crippen LogP contribution in [-0.4, -0.2) is 12.8 Å². The Morgan fingerprint density at radius 2 is 1.90 bits per heavy atom. The van der Waals surface area contributed by atoms with Gasteiger partial charge in [-0.25, -0.2) is 0 Å². The van der Waals surface area contributed by atoms with E-state index in [1.54, 1.807) is 12.1 Å². The van der Waals surface area contributed by atoms with Gasteiger partial charge in [-0.1, -0.05) is 12.1 Å². The van der Waals surface area contributed by atoms with Crippen LogP contribution in [0.3, 0.4) is 0 Å². The van der Waals surface area contributed by atoms with Gasteiger partial charge < -0.3 is 9.73 Å². The van der Waals surface area contributed by atoms with E-state index >= 15 is 0 Å². The third-order valence-electron chi connectivity index (χ3n) is 3.23. The van der Waals surface area contributed by atoms with E-state index in [4.69, 9.17) is 4.42 Å². The first-order valence-electron chi connectivity index (χ1n) is 6.63. The molecule has 20 heavy (non-hydrogen) atoms. The lowest BCUT2D eigenvalue weighted by atomic mass is 10.1. The van der Waals surface area contributed by atoms with Crippen LogP contribution in [0.4, 0.5) is 5.69 Å². The van der Waals surface area contributed by atoms with Crippen molar-refractivity contribution < 1.29 is 9.21 Å². The molecule has 1 heterocycles. The zero-order valence-corrected chi connectivity index (χ0v) is 11.2. The number of fused-ring (bicyclic) bond motifs is 1. The van der Waals surface area contributed by atoms with Crippen molar-refractivity contribution in [1.29, 1.82) is 0 Å². The highest BCUT2D eigenvalue weighted by molar-refractivity contribution is 5.88. The van der Waals surface area contributed by atoms with E-state index in [-0.39, 0.29) is 0 Å². The molecule has 0 aliphatic heterocycles. The fraction of sp³-hybridized carbons (Fsp3) is 0.118. The van der Waals surface area contributed by atoms with E-state index in [0.717, 1.165) is 40.8 Å². The van der Waals surface area contributed by atoms with Gasteiger partial charge in [0, 0.05) is 28.7 Å². The molecule has 0 saturated carbocycles. The monoisotopic (exact) mass is 265 g/mol.